The predicted octanol–water partition coefficient (Wildman–Crippen LogP) is 1.08. The summed E-state index contributed by atoms with van der Waals surface area (Å²) in [5, 5.41) is 18.7. The Morgan fingerprint density at radius 3 is 2.90 bits per heavy atom. The average Bonchev–Trinajstić information content (AvgIpc) is 3.03. The Morgan fingerprint density at radius 2 is 2.20 bits per heavy atom. The number of rotatable bonds is 2. The molecular weight excluding hydrogens is 284 g/mol. The zero-order valence-corrected chi connectivity index (χ0v) is 11.5. The summed E-state index contributed by atoms with van der Waals surface area (Å²) in [4.78, 5) is 22.8. The second kappa shape index (κ2) is 5.06. The maximum Gasteiger partial charge on any atom is 0.407 e. The van der Waals surface area contributed by atoms with Crippen LogP contribution in [0.25, 0.3) is 0 Å². The number of hydrogen-bond acceptors (Lipinski definition) is 5. The van der Waals surface area contributed by atoms with Gasteiger partial charge < -0.3 is 15.1 Å². The molecule has 2 aliphatic heterocycles. The van der Waals surface area contributed by atoms with Crippen LogP contribution in [-0.4, -0.2) is 50.4 Å². The summed E-state index contributed by atoms with van der Waals surface area (Å²) in [6.45, 7) is 1.35. The maximum atomic E-state index is 11.1. The number of halogens is 1. The average molecular weight is 299 g/mol. The fraction of sp³-hybridized carbons (Fsp3) is 0.583. The van der Waals surface area contributed by atoms with E-state index in [9.17, 15) is 9.90 Å². The molecule has 1 aromatic rings. The van der Waals surface area contributed by atoms with Gasteiger partial charge in [-0.15, -0.1) is 0 Å². The quantitative estimate of drug-likeness (QED) is 0.794. The summed E-state index contributed by atoms with van der Waals surface area (Å²) >= 11 is 5.95. The first kappa shape index (κ1) is 13.4. The van der Waals surface area contributed by atoms with Gasteiger partial charge in [0.2, 0.25) is 5.28 Å². The molecule has 7 nitrogen and oxygen atoms in total. The van der Waals surface area contributed by atoms with E-state index in [-0.39, 0.29) is 31.0 Å². The maximum absolute atomic E-state index is 11.1. The number of nitrogens with zero attached hydrogens (tertiary/aromatic N) is 4. The Hall–Kier alpha value is -1.60. The summed E-state index contributed by atoms with van der Waals surface area (Å²) in [6, 6.07) is 0.0175. The van der Waals surface area contributed by atoms with Gasteiger partial charge >= 0.3 is 6.09 Å². The number of amides is 1. The largest absolute Gasteiger partial charge is 0.465 e. The fourth-order valence-corrected chi connectivity index (χ4v) is 3.07. The van der Waals surface area contributed by atoms with Crippen LogP contribution in [0.4, 0.5) is 10.6 Å². The van der Waals surface area contributed by atoms with Gasteiger partial charge in [-0.05, 0) is 24.4 Å². The molecule has 3 rings (SSSR count). The van der Waals surface area contributed by atoms with Crippen molar-refractivity contribution in [2.45, 2.75) is 32.0 Å². The smallest absolute Gasteiger partial charge is 0.407 e. The van der Waals surface area contributed by atoms with E-state index in [1.165, 1.54) is 4.90 Å². The second-order valence-electron chi connectivity index (χ2n) is 5.05. The lowest BCUT2D eigenvalue weighted by Gasteiger charge is -2.26. The molecule has 3 heterocycles. The number of aliphatic hydroxyl groups is 1. The van der Waals surface area contributed by atoms with Crippen molar-refractivity contribution in [3.05, 3.63) is 16.5 Å². The number of aromatic nitrogens is 2. The molecule has 1 aromatic heterocycles. The molecule has 2 N–H and O–H groups in total. The highest BCUT2D eigenvalue weighted by Gasteiger charge is 2.33. The molecule has 0 aromatic carbocycles. The molecule has 0 radical (unpaired) electrons. The second-order valence-corrected chi connectivity index (χ2v) is 5.39. The zero-order chi connectivity index (χ0) is 14.3. The van der Waals surface area contributed by atoms with Gasteiger partial charge in [-0.3, -0.25) is 4.90 Å². The SMILES string of the molecule is O=C(O)N1Cc2nc(Cl)nc(N3CCC[C@H]3CO)c2C1. The number of fused-ring (bicyclic) bond motifs is 1. The highest BCUT2D eigenvalue weighted by molar-refractivity contribution is 6.28. The van der Waals surface area contributed by atoms with Gasteiger partial charge in [0.1, 0.15) is 5.82 Å². The highest BCUT2D eigenvalue weighted by atomic mass is 35.5. The zero-order valence-electron chi connectivity index (χ0n) is 10.8. The van der Waals surface area contributed by atoms with Crippen LogP contribution in [0.5, 0.6) is 0 Å². The standard InChI is InChI=1S/C12H15ClN4O3/c13-11-14-9-5-16(12(19)20)4-8(9)10(15-11)17-3-1-2-7(17)6-18/h7,18H,1-6H2,(H,19,20)/t7-/m0/s1. The lowest BCUT2D eigenvalue weighted by atomic mass is 10.2. The monoisotopic (exact) mass is 298 g/mol. The van der Waals surface area contributed by atoms with Gasteiger partial charge in [-0.1, -0.05) is 0 Å². The molecule has 108 valence electrons. The molecule has 0 unspecified atom stereocenters. The van der Waals surface area contributed by atoms with E-state index in [1.807, 2.05) is 4.90 Å². The molecule has 1 amide bonds. The molecular formula is C12H15ClN4O3. The van der Waals surface area contributed by atoms with Crippen molar-refractivity contribution < 1.29 is 15.0 Å². The Balaban J connectivity index is 1.99. The number of anilines is 1. The third-order valence-electron chi connectivity index (χ3n) is 3.86. The Bertz CT molecular complexity index is 554. The topological polar surface area (TPSA) is 89.8 Å². The van der Waals surface area contributed by atoms with Crippen LogP contribution in [0.2, 0.25) is 5.28 Å². The molecule has 1 atom stereocenters. The summed E-state index contributed by atoms with van der Waals surface area (Å²) in [6.07, 6.45) is 0.894. The summed E-state index contributed by atoms with van der Waals surface area (Å²) in [5.74, 6) is 0.667. The molecule has 0 spiro atoms. The summed E-state index contributed by atoms with van der Waals surface area (Å²) in [5.41, 5.74) is 1.46. The number of carboxylic acid groups (broad SMARTS) is 1. The molecule has 0 saturated carbocycles. The van der Waals surface area contributed by atoms with Gasteiger partial charge in [0.25, 0.3) is 0 Å². The van der Waals surface area contributed by atoms with Crippen molar-refractivity contribution in [2.75, 3.05) is 18.1 Å². The third kappa shape index (κ3) is 2.16. The van der Waals surface area contributed by atoms with Crippen LogP contribution in [0.1, 0.15) is 24.1 Å². The van der Waals surface area contributed by atoms with E-state index in [1.54, 1.807) is 0 Å². The highest BCUT2D eigenvalue weighted by Crippen LogP contribution is 2.33. The fourth-order valence-electron chi connectivity index (χ4n) is 2.89. The normalized spacial score (nSPS) is 21.4. The van der Waals surface area contributed by atoms with E-state index in [0.717, 1.165) is 24.9 Å². The van der Waals surface area contributed by atoms with Crippen molar-refractivity contribution in [1.29, 1.82) is 0 Å². The minimum atomic E-state index is -0.981. The first-order valence-corrected chi connectivity index (χ1v) is 6.88. The summed E-state index contributed by atoms with van der Waals surface area (Å²) < 4.78 is 0. The van der Waals surface area contributed by atoms with E-state index >= 15 is 0 Å². The minimum absolute atomic E-state index is 0.0175. The van der Waals surface area contributed by atoms with Crippen molar-refractivity contribution in [1.82, 2.24) is 14.9 Å². The van der Waals surface area contributed by atoms with Crippen LogP contribution < -0.4 is 4.90 Å². The third-order valence-corrected chi connectivity index (χ3v) is 4.03. The van der Waals surface area contributed by atoms with Crippen LogP contribution in [0, 0.1) is 0 Å². The van der Waals surface area contributed by atoms with Crippen LogP contribution in [-0.2, 0) is 13.1 Å². The Labute approximate surface area is 120 Å². The van der Waals surface area contributed by atoms with E-state index < -0.39 is 6.09 Å². The van der Waals surface area contributed by atoms with Gasteiger partial charge in [0, 0.05) is 12.1 Å². The van der Waals surface area contributed by atoms with E-state index in [0.29, 0.717) is 11.5 Å². The first-order valence-electron chi connectivity index (χ1n) is 6.51. The number of carbonyl (C=O) groups is 1. The Morgan fingerprint density at radius 1 is 1.40 bits per heavy atom. The molecule has 8 heteroatoms. The summed E-state index contributed by atoms with van der Waals surface area (Å²) in [7, 11) is 0. The minimum Gasteiger partial charge on any atom is -0.465 e. The van der Waals surface area contributed by atoms with Crippen molar-refractivity contribution in [3.8, 4) is 0 Å². The van der Waals surface area contributed by atoms with E-state index in [2.05, 4.69) is 9.97 Å². The van der Waals surface area contributed by atoms with E-state index in [4.69, 9.17) is 16.7 Å². The van der Waals surface area contributed by atoms with Crippen molar-refractivity contribution >= 4 is 23.5 Å². The van der Waals surface area contributed by atoms with Gasteiger partial charge in [-0.2, -0.15) is 0 Å². The lowest BCUT2D eigenvalue weighted by Crippen LogP contribution is -2.34. The van der Waals surface area contributed by atoms with Crippen molar-refractivity contribution in [2.24, 2.45) is 0 Å². The van der Waals surface area contributed by atoms with Crippen LogP contribution in [0.15, 0.2) is 0 Å². The molecule has 2 aliphatic rings. The molecule has 0 aliphatic carbocycles. The Kier molecular flexibility index (Phi) is 3.39. The van der Waals surface area contributed by atoms with Crippen LogP contribution in [0.3, 0.4) is 0 Å². The lowest BCUT2D eigenvalue weighted by molar-refractivity contribution is 0.145. The molecule has 1 fully saturated rings. The number of aliphatic hydroxyl groups excluding tert-OH is 1. The number of hydrogen-bond donors (Lipinski definition) is 2. The van der Waals surface area contributed by atoms with Gasteiger partial charge in [0.05, 0.1) is 31.4 Å². The first-order chi connectivity index (χ1) is 9.60. The molecule has 0 bridgehead atoms. The molecule has 1 saturated heterocycles. The molecule has 20 heavy (non-hydrogen) atoms. The van der Waals surface area contributed by atoms with Crippen molar-refractivity contribution in [3.63, 3.8) is 0 Å². The van der Waals surface area contributed by atoms with Gasteiger partial charge in [0.15, 0.2) is 0 Å². The van der Waals surface area contributed by atoms with Gasteiger partial charge in [-0.25, -0.2) is 14.8 Å². The predicted molar refractivity (Wildman–Crippen MR) is 71.8 cm³/mol. The van der Waals surface area contributed by atoms with Crippen LogP contribution >= 0.6 is 11.6 Å².